The molecule has 1 aromatic carbocycles. The fourth-order valence-corrected chi connectivity index (χ4v) is 3.01. The topological polar surface area (TPSA) is 116 Å². The summed E-state index contributed by atoms with van der Waals surface area (Å²) < 4.78 is 2.80. The van der Waals surface area contributed by atoms with E-state index >= 15 is 0 Å². The lowest BCUT2D eigenvalue weighted by atomic mass is 10.0. The van der Waals surface area contributed by atoms with Gasteiger partial charge in [-0.1, -0.05) is 18.2 Å². The van der Waals surface area contributed by atoms with E-state index in [0.29, 0.717) is 33.7 Å². The number of aliphatic hydroxyl groups excluding tert-OH is 1. The first-order valence-corrected chi connectivity index (χ1v) is 8.32. The molecule has 0 atom stereocenters. The number of pyridine rings is 1. The lowest BCUT2D eigenvalue weighted by Crippen LogP contribution is -2.14. The number of rotatable bonds is 3. The zero-order valence-corrected chi connectivity index (χ0v) is 14.9. The van der Waals surface area contributed by atoms with Gasteiger partial charge in [-0.15, -0.1) is 5.10 Å². The quantitative estimate of drug-likeness (QED) is 0.529. The minimum atomic E-state index is -0.351. The molecule has 0 saturated carbocycles. The molecular formula is C19H15N7O2. The van der Waals surface area contributed by atoms with Crippen molar-refractivity contribution >= 4 is 17.3 Å². The number of hydrogen-bond acceptors (Lipinski definition) is 6. The van der Waals surface area contributed by atoms with Crippen molar-refractivity contribution in [2.75, 3.05) is 5.73 Å². The molecule has 4 rings (SSSR count). The van der Waals surface area contributed by atoms with E-state index in [4.69, 9.17) is 12.3 Å². The molecule has 0 saturated heterocycles. The summed E-state index contributed by atoms with van der Waals surface area (Å²) >= 11 is 0. The van der Waals surface area contributed by atoms with Crippen LogP contribution in [-0.2, 0) is 13.7 Å². The molecule has 138 valence electrons. The van der Waals surface area contributed by atoms with Gasteiger partial charge in [0, 0.05) is 24.9 Å². The molecule has 0 aliphatic carbocycles. The lowest BCUT2D eigenvalue weighted by molar-refractivity contribution is 0.271. The molecule has 0 unspecified atom stereocenters. The van der Waals surface area contributed by atoms with Gasteiger partial charge in [0.25, 0.3) is 0 Å². The first kappa shape index (κ1) is 17.4. The van der Waals surface area contributed by atoms with E-state index in [9.17, 15) is 9.90 Å². The van der Waals surface area contributed by atoms with Crippen molar-refractivity contribution in [3.8, 4) is 22.4 Å². The van der Waals surface area contributed by atoms with Crippen LogP contribution in [0.1, 0.15) is 5.82 Å². The van der Waals surface area contributed by atoms with Gasteiger partial charge in [0.15, 0.2) is 17.2 Å². The molecule has 0 radical (unpaired) electrons. The maximum atomic E-state index is 11.8. The van der Waals surface area contributed by atoms with E-state index in [-0.39, 0.29) is 23.9 Å². The number of nitrogens with zero attached hydrogens (tertiary/aromatic N) is 6. The van der Waals surface area contributed by atoms with Crippen LogP contribution < -0.4 is 11.3 Å². The predicted molar refractivity (Wildman–Crippen MR) is 103 cm³/mol. The SMILES string of the molecule is [C-]#[N+]c1cccc(-c2nc(N)n3nc(CO)nc3c2-c2ccc(=O)n(C)c2)c1. The number of benzene rings is 1. The Bertz CT molecular complexity index is 1310. The van der Waals surface area contributed by atoms with Crippen molar-refractivity contribution in [2.24, 2.45) is 7.05 Å². The fraction of sp³-hybridized carbons (Fsp3) is 0.105. The maximum Gasteiger partial charge on any atom is 0.250 e. The van der Waals surface area contributed by atoms with Crippen molar-refractivity contribution in [2.45, 2.75) is 6.61 Å². The summed E-state index contributed by atoms with van der Waals surface area (Å²) in [4.78, 5) is 24.2. The van der Waals surface area contributed by atoms with E-state index in [0.717, 1.165) is 0 Å². The van der Waals surface area contributed by atoms with Crippen molar-refractivity contribution in [3.63, 3.8) is 0 Å². The average Bonchev–Trinajstić information content (AvgIpc) is 3.15. The molecule has 3 heterocycles. The summed E-state index contributed by atoms with van der Waals surface area (Å²) in [6.45, 7) is 6.91. The highest BCUT2D eigenvalue weighted by molar-refractivity contribution is 5.91. The minimum Gasteiger partial charge on any atom is -0.388 e. The summed E-state index contributed by atoms with van der Waals surface area (Å²) in [7, 11) is 1.65. The third kappa shape index (κ3) is 2.78. The fourth-order valence-electron chi connectivity index (χ4n) is 3.01. The van der Waals surface area contributed by atoms with Crippen LogP contribution in [0, 0.1) is 6.57 Å². The summed E-state index contributed by atoms with van der Waals surface area (Å²) in [5.74, 6) is 0.297. The largest absolute Gasteiger partial charge is 0.388 e. The minimum absolute atomic E-state index is 0.0963. The maximum absolute atomic E-state index is 11.8. The number of fused-ring (bicyclic) bond motifs is 1. The number of aromatic nitrogens is 5. The molecule has 0 fully saturated rings. The van der Waals surface area contributed by atoms with Crippen LogP contribution in [0.15, 0.2) is 47.4 Å². The van der Waals surface area contributed by atoms with Crippen LogP contribution in [0.2, 0.25) is 0 Å². The monoisotopic (exact) mass is 373 g/mol. The second-order valence-corrected chi connectivity index (χ2v) is 6.14. The van der Waals surface area contributed by atoms with Crippen molar-refractivity contribution < 1.29 is 5.11 Å². The van der Waals surface area contributed by atoms with E-state index in [2.05, 4.69) is 19.9 Å². The summed E-state index contributed by atoms with van der Waals surface area (Å²) in [6, 6.07) is 10.1. The molecule has 0 aliphatic heterocycles. The van der Waals surface area contributed by atoms with Crippen LogP contribution >= 0.6 is 0 Å². The van der Waals surface area contributed by atoms with Crippen LogP contribution in [-0.4, -0.2) is 29.3 Å². The smallest absolute Gasteiger partial charge is 0.250 e. The first-order chi connectivity index (χ1) is 13.5. The number of anilines is 1. The van der Waals surface area contributed by atoms with Crippen LogP contribution in [0.3, 0.4) is 0 Å². The van der Waals surface area contributed by atoms with Crippen LogP contribution in [0.25, 0.3) is 32.9 Å². The average molecular weight is 373 g/mol. The highest BCUT2D eigenvalue weighted by atomic mass is 16.3. The zero-order valence-electron chi connectivity index (χ0n) is 14.9. The van der Waals surface area contributed by atoms with Crippen molar-refractivity contribution in [1.82, 2.24) is 24.1 Å². The van der Waals surface area contributed by atoms with Gasteiger partial charge in [-0.3, -0.25) is 4.79 Å². The predicted octanol–water partition coefficient (Wildman–Crippen LogP) is 1.78. The normalized spacial score (nSPS) is 10.9. The number of aliphatic hydroxyl groups is 1. The molecule has 0 aliphatic rings. The Morgan fingerprint density at radius 2 is 2.04 bits per heavy atom. The van der Waals surface area contributed by atoms with E-state index < -0.39 is 0 Å². The van der Waals surface area contributed by atoms with Crippen molar-refractivity contribution in [3.05, 3.63) is 70.2 Å². The molecule has 0 amide bonds. The third-order valence-corrected chi connectivity index (χ3v) is 4.32. The molecule has 9 nitrogen and oxygen atoms in total. The molecule has 28 heavy (non-hydrogen) atoms. The van der Waals surface area contributed by atoms with Gasteiger partial charge < -0.3 is 15.4 Å². The van der Waals surface area contributed by atoms with E-state index in [1.165, 1.54) is 15.1 Å². The highest BCUT2D eigenvalue weighted by Gasteiger charge is 2.20. The molecule has 3 N–H and O–H groups in total. The molecule has 4 aromatic rings. The summed E-state index contributed by atoms with van der Waals surface area (Å²) in [6.07, 6.45) is 1.67. The second-order valence-electron chi connectivity index (χ2n) is 6.14. The molecule has 3 aromatic heterocycles. The van der Waals surface area contributed by atoms with Crippen LogP contribution in [0.4, 0.5) is 11.6 Å². The van der Waals surface area contributed by atoms with Gasteiger partial charge in [-0.25, -0.2) is 14.8 Å². The van der Waals surface area contributed by atoms with Gasteiger partial charge in [0.1, 0.15) is 6.61 Å². The van der Waals surface area contributed by atoms with Gasteiger partial charge >= 0.3 is 0 Å². The summed E-state index contributed by atoms with van der Waals surface area (Å²) in [5, 5.41) is 13.6. The second kappa shape index (κ2) is 6.61. The third-order valence-electron chi connectivity index (χ3n) is 4.32. The Morgan fingerprint density at radius 1 is 1.21 bits per heavy atom. The van der Waals surface area contributed by atoms with Gasteiger partial charge in [0.2, 0.25) is 11.5 Å². The first-order valence-electron chi connectivity index (χ1n) is 8.32. The molecular weight excluding hydrogens is 358 g/mol. The number of nitrogen functional groups attached to an aromatic ring is 1. The van der Waals surface area contributed by atoms with Gasteiger partial charge in [-0.2, -0.15) is 4.52 Å². The lowest BCUT2D eigenvalue weighted by Gasteiger charge is -2.13. The Labute approximate surface area is 159 Å². The zero-order chi connectivity index (χ0) is 19.8. The Morgan fingerprint density at radius 3 is 2.75 bits per heavy atom. The molecule has 9 heteroatoms. The molecule has 0 bridgehead atoms. The molecule has 0 spiro atoms. The Kier molecular flexibility index (Phi) is 4.10. The Hall–Kier alpha value is -4.03. The Balaban J connectivity index is 2.12. The van der Waals surface area contributed by atoms with E-state index in [1.807, 2.05) is 6.07 Å². The van der Waals surface area contributed by atoms with Crippen LogP contribution in [0.5, 0.6) is 0 Å². The van der Waals surface area contributed by atoms with Gasteiger partial charge in [-0.05, 0) is 17.7 Å². The van der Waals surface area contributed by atoms with Crippen molar-refractivity contribution in [1.29, 1.82) is 0 Å². The number of hydrogen-bond donors (Lipinski definition) is 2. The van der Waals surface area contributed by atoms with Gasteiger partial charge in [0.05, 0.1) is 17.8 Å². The summed E-state index contributed by atoms with van der Waals surface area (Å²) in [5.41, 5.74) is 9.25. The number of nitrogens with two attached hydrogens (primary N) is 1. The number of aryl methyl sites for hydroxylation is 1. The van der Waals surface area contributed by atoms with E-state index in [1.54, 1.807) is 37.5 Å². The standard InChI is InChI=1S/C19H15N7O2/c1-21-13-5-3-4-11(8-13)17-16(12-6-7-15(28)25(2)9-12)18-22-14(10-27)24-26(18)19(20)23-17/h3-9,27H,10H2,2H3,(H2,20,23). The highest BCUT2D eigenvalue weighted by Crippen LogP contribution is 2.35.